The van der Waals surface area contributed by atoms with Gasteiger partial charge in [0.15, 0.2) is 11.6 Å². The largest absolute Gasteiger partial charge is 0.347 e. The molecule has 2 heterocycles. The van der Waals surface area contributed by atoms with Crippen LogP contribution in [0.2, 0.25) is 0 Å². The lowest BCUT2D eigenvalue weighted by Gasteiger charge is -2.24. The molecule has 2 aromatic rings. The summed E-state index contributed by atoms with van der Waals surface area (Å²) in [5.74, 6) is 0.696. The molecular weight excluding hydrogens is 314 g/mol. The summed E-state index contributed by atoms with van der Waals surface area (Å²) in [5, 5.41) is 11.8. The number of ketones is 1. The highest BCUT2D eigenvalue weighted by molar-refractivity contribution is 5.92. The summed E-state index contributed by atoms with van der Waals surface area (Å²) in [7, 11) is 2.00. The van der Waals surface area contributed by atoms with Gasteiger partial charge in [0.1, 0.15) is 6.54 Å². The van der Waals surface area contributed by atoms with E-state index < -0.39 is 0 Å². The maximum atomic E-state index is 12.7. The van der Waals surface area contributed by atoms with Gasteiger partial charge < -0.3 is 4.90 Å². The fourth-order valence-electron chi connectivity index (χ4n) is 3.45. The van der Waals surface area contributed by atoms with Crippen LogP contribution in [0.3, 0.4) is 0 Å². The van der Waals surface area contributed by atoms with Gasteiger partial charge in [0.2, 0.25) is 0 Å². The Morgan fingerprint density at radius 3 is 2.56 bits per heavy atom. The molecule has 0 spiro atoms. The second kappa shape index (κ2) is 5.79. The zero-order valence-corrected chi connectivity index (χ0v) is 15.7. The minimum atomic E-state index is -0.214. The van der Waals surface area contributed by atoms with Crippen molar-refractivity contribution in [3.8, 4) is 0 Å². The fraction of sp³-hybridized carbons (Fsp3) is 0.474. The maximum absolute atomic E-state index is 12.7. The van der Waals surface area contributed by atoms with Gasteiger partial charge in [-0.25, -0.2) is 4.68 Å². The number of likely N-dealkylation sites (N-methyl/N-ethyl adjacent to an activating group) is 1. The van der Waals surface area contributed by atoms with Crippen molar-refractivity contribution in [2.75, 3.05) is 11.9 Å². The summed E-state index contributed by atoms with van der Waals surface area (Å²) >= 11 is 0. The predicted molar refractivity (Wildman–Crippen MR) is 97.5 cm³/mol. The molecule has 0 radical (unpaired) electrons. The third kappa shape index (κ3) is 2.97. The van der Waals surface area contributed by atoms with Gasteiger partial charge in [-0.2, -0.15) is 0 Å². The molecule has 0 atom stereocenters. The molecule has 132 valence electrons. The second-order valence-corrected chi connectivity index (χ2v) is 8.11. The first-order valence-electron chi connectivity index (χ1n) is 8.47. The normalized spacial score (nSPS) is 17.8. The number of hydrogen-bond acceptors (Lipinski definition) is 5. The van der Waals surface area contributed by atoms with Crippen molar-refractivity contribution in [2.45, 2.75) is 52.0 Å². The van der Waals surface area contributed by atoms with E-state index in [4.69, 9.17) is 0 Å². The van der Waals surface area contributed by atoms with Crippen LogP contribution in [0.15, 0.2) is 36.0 Å². The topological polar surface area (TPSA) is 63.9 Å². The molecule has 1 aliphatic heterocycles. The lowest BCUT2D eigenvalue weighted by molar-refractivity contribution is -0.115. The number of hydrogen-bond donors (Lipinski definition) is 0. The number of tetrazole rings is 1. The highest BCUT2D eigenvalue weighted by Crippen LogP contribution is 2.46. The van der Waals surface area contributed by atoms with Crippen LogP contribution >= 0.6 is 0 Å². The van der Waals surface area contributed by atoms with E-state index in [1.54, 1.807) is 10.8 Å². The number of allylic oxidation sites excluding steroid dienone is 2. The third-order valence-corrected chi connectivity index (χ3v) is 4.75. The van der Waals surface area contributed by atoms with Gasteiger partial charge in [0, 0.05) is 35.3 Å². The molecule has 1 aliphatic rings. The summed E-state index contributed by atoms with van der Waals surface area (Å²) in [4.78, 5) is 14.8. The van der Waals surface area contributed by atoms with Crippen molar-refractivity contribution >= 4 is 11.5 Å². The van der Waals surface area contributed by atoms with Crippen LogP contribution in [0.25, 0.3) is 0 Å². The van der Waals surface area contributed by atoms with Gasteiger partial charge in [0.05, 0.1) is 0 Å². The van der Waals surface area contributed by atoms with Crippen molar-refractivity contribution in [2.24, 2.45) is 0 Å². The Morgan fingerprint density at radius 1 is 1.24 bits per heavy atom. The molecule has 0 saturated carbocycles. The maximum Gasteiger partial charge on any atom is 0.179 e. The van der Waals surface area contributed by atoms with Crippen LogP contribution < -0.4 is 4.90 Å². The SMILES string of the molecule is CN1/C(=C\C(=O)Cn2nnnc2C(C)(C)C)C(C)(C)c2ccccc21. The van der Waals surface area contributed by atoms with Gasteiger partial charge >= 0.3 is 0 Å². The Labute approximate surface area is 148 Å². The molecule has 6 nitrogen and oxygen atoms in total. The van der Waals surface area contributed by atoms with E-state index in [0.29, 0.717) is 5.82 Å². The fourth-order valence-corrected chi connectivity index (χ4v) is 3.45. The zero-order valence-electron chi connectivity index (χ0n) is 15.7. The predicted octanol–water partition coefficient (Wildman–Crippen LogP) is 2.85. The van der Waals surface area contributed by atoms with Crippen LogP contribution in [-0.2, 0) is 22.2 Å². The molecule has 3 rings (SSSR count). The van der Waals surface area contributed by atoms with Crippen LogP contribution in [-0.4, -0.2) is 33.0 Å². The molecule has 1 aromatic carbocycles. The number of anilines is 1. The molecule has 0 saturated heterocycles. The van der Waals surface area contributed by atoms with E-state index in [9.17, 15) is 4.79 Å². The molecule has 6 heteroatoms. The molecule has 0 amide bonds. The standard InChI is InChI=1S/C19H25N5O/c1-18(2,3)17-20-21-22-24(17)12-13(25)11-16-19(4,5)14-9-7-8-10-15(14)23(16)6/h7-11H,12H2,1-6H3/b16-11-. The molecule has 0 fully saturated rings. The first kappa shape index (κ1) is 17.3. The van der Waals surface area contributed by atoms with Crippen LogP contribution in [0.4, 0.5) is 5.69 Å². The third-order valence-electron chi connectivity index (χ3n) is 4.75. The van der Waals surface area contributed by atoms with Gasteiger partial charge in [-0.05, 0) is 22.1 Å². The van der Waals surface area contributed by atoms with E-state index in [0.717, 1.165) is 11.4 Å². The van der Waals surface area contributed by atoms with Crippen LogP contribution in [0.1, 0.15) is 46.0 Å². The first-order chi connectivity index (χ1) is 11.6. The molecule has 0 bridgehead atoms. The highest BCUT2D eigenvalue weighted by atomic mass is 16.1. The quantitative estimate of drug-likeness (QED) is 0.805. The van der Waals surface area contributed by atoms with E-state index in [1.807, 2.05) is 40.0 Å². The molecule has 0 aliphatic carbocycles. The summed E-state index contributed by atoms with van der Waals surface area (Å²) < 4.78 is 1.59. The van der Waals surface area contributed by atoms with Gasteiger partial charge in [-0.3, -0.25) is 4.79 Å². The molecule has 0 unspecified atom stereocenters. The van der Waals surface area contributed by atoms with Crippen molar-refractivity contribution in [1.29, 1.82) is 0 Å². The number of fused-ring (bicyclic) bond motifs is 1. The minimum Gasteiger partial charge on any atom is -0.347 e. The smallest absolute Gasteiger partial charge is 0.179 e. The average Bonchev–Trinajstić information content (AvgIpc) is 3.06. The summed E-state index contributed by atoms with van der Waals surface area (Å²) in [5.41, 5.74) is 2.94. The minimum absolute atomic E-state index is 0.0134. The van der Waals surface area contributed by atoms with E-state index in [2.05, 4.69) is 46.4 Å². The zero-order chi connectivity index (χ0) is 18.4. The number of aromatic nitrogens is 4. The summed E-state index contributed by atoms with van der Waals surface area (Å²) in [6.45, 7) is 10.5. The summed E-state index contributed by atoms with van der Waals surface area (Å²) in [6, 6.07) is 8.26. The monoisotopic (exact) mass is 339 g/mol. The molecule has 25 heavy (non-hydrogen) atoms. The lowest BCUT2D eigenvalue weighted by Crippen LogP contribution is -2.26. The number of para-hydroxylation sites is 1. The number of nitrogens with zero attached hydrogens (tertiary/aromatic N) is 5. The Kier molecular flexibility index (Phi) is 4.01. The number of rotatable bonds is 3. The van der Waals surface area contributed by atoms with E-state index >= 15 is 0 Å². The average molecular weight is 339 g/mol. The summed E-state index contributed by atoms with van der Waals surface area (Å²) in [6.07, 6.45) is 1.73. The number of carbonyl (C=O) groups is 1. The van der Waals surface area contributed by atoms with Crippen molar-refractivity contribution in [3.63, 3.8) is 0 Å². The van der Waals surface area contributed by atoms with E-state index in [1.165, 1.54) is 5.56 Å². The Balaban J connectivity index is 1.90. The Bertz CT molecular complexity index is 841. The Hall–Kier alpha value is -2.50. The van der Waals surface area contributed by atoms with Crippen LogP contribution in [0, 0.1) is 0 Å². The van der Waals surface area contributed by atoms with Crippen LogP contribution in [0.5, 0.6) is 0 Å². The first-order valence-corrected chi connectivity index (χ1v) is 8.47. The van der Waals surface area contributed by atoms with Crippen molar-refractivity contribution < 1.29 is 4.79 Å². The van der Waals surface area contributed by atoms with Gasteiger partial charge in [0.25, 0.3) is 0 Å². The number of benzene rings is 1. The molecule has 1 aromatic heterocycles. The second-order valence-electron chi connectivity index (χ2n) is 8.11. The molecule has 0 N–H and O–H groups in total. The van der Waals surface area contributed by atoms with Crippen molar-refractivity contribution in [3.05, 3.63) is 47.4 Å². The lowest BCUT2D eigenvalue weighted by atomic mass is 9.83. The Morgan fingerprint density at radius 2 is 1.92 bits per heavy atom. The van der Waals surface area contributed by atoms with Gasteiger partial charge in [-0.1, -0.05) is 52.8 Å². The van der Waals surface area contributed by atoms with Gasteiger partial charge in [-0.15, -0.1) is 5.10 Å². The highest BCUT2D eigenvalue weighted by Gasteiger charge is 2.38. The number of carbonyl (C=O) groups excluding carboxylic acids is 1. The van der Waals surface area contributed by atoms with Crippen molar-refractivity contribution in [1.82, 2.24) is 20.2 Å². The van der Waals surface area contributed by atoms with E-state index in [-0.39, 0.29) is 23.2 Å². The molecular formula is C19H25N5O.